The van der Waals surface area contributed by atoms with E-state index in [2.05, 4.69) is 0 Å². The van der Waals surface area contributed by atoms with Crippen LogP contribution >= 0.6 is 0 Å². The second kappa shape index (κ2) is 6.39. The summed E-state index contributed by atoms with van der Waals surface area (Å²) in [6.07, 6.45) is 0. The van der Waals surface area contributed by atoms with E-state index in [1.165, 1.54) is 0 Å². The second-order valence-corrected chi connectivity index (χ2v) is 4.98. The van der Waals surface area contributed by atoms with E-state index in [1.807, 2.05) is 0 Å². The van der Waals surface area contributed by atoms with E-state index < -0.39 is 11.9 Å². The van der Waals surface area contributed by atoms with Crippen LogP contribution in [0, 0.1) is 12.7 Å². The molecule has 0 amide bonds. The van der Waals surface area contributed by atoms with E-state index in [4.69, 9.17) is 9.84 Å². The molecule has 110 valence electrons. The lowest BCUT2D eigenvalue weighted by Gasteiger charge is -2.10. The van der Waals surface area contributed by atoms with Gasteiger partial charge in [0.2, 0.25) is 0 Å². The summed E-state index contributed by atoms with van der Waals surface area (Å²) in [5.74, 6) is -1.54. The highest BCUT2D eigenvalue weighted by Gasteiger charge is 2.13. The first-order valence-electron chi connectivity index (χ1n) is 6.68. The molecule has 0 spiro atoms. The summed E-state index contributed by atoms with van der Waals surface area (Å²) in [5.41, 5.74) is 2.13. The zero-order chi connectivity index (χ0) is 15.4. The minimum absolute atomic E-state index is 0.220. The van der Waals surface area contributed by atoms with E-state index in [0.717, 1.165) is 11.1 Å². The summed E-state index contributed by atoms with van der Waals surface area (Å²) in [6, 6.07) is 12.1. The van der Waals surface area contributed by atoms with Crippen LogP contribution in [0.2, 0.25) is 0 Å². The average Bonchev–Trinajstić information content (AvgIpc) is 2.48. The largest absolute Gasteiger partial charge is 0.486 e. The summed E-state index contributed by atoms with van der Waals surface area (Å²) < 4.78 is 19.2. The third-order valence-electron chi connectivity index (χ3n) is 3.40. The average molecular weight is 288 g/mol. The predicted molar refractivity (Wildman–Crippen MR) is 78.0 cm³/mol. The van der Waals surface area contributed by atoms with Gasteiger partial charge in [-0.3, -0.25) is 4.79 Å². The molecule has 4 heteroatoms. The predicted octanol–water partition coefficient (Wildman–Crippen LogP) is 3.90. The van der Waals surface area contributed by atoms with Crippen LogP contribution in [0.25, 0.3) is 0 Å². The Morgan fingerprint density at radius 2 is 1.90 bits per heavy atom. The van der Waals surface area contributed by atoms with Gasteiger partial charge in [-0.05, 0) is 36.6 Å². The van der Waals surface area contributed by atoms with Gasteiger partial charge in [0.25, 0.3) is 0 Å². The fraction of sp³-hybridized carbons (Fsp3) is 0.235. The Bertz CT molecular complexity index is 635. The minimum Gasteiger partial charge on any atom is -0.486 e. The molecule has 21 heavy (non-hydrogen) atoms. The Balaban J connectivity index is 2.04. The Morgan fingerprint density at radius 1 is 1.24 bits per heavy atom. The first kappa shape index (κ1) is 15.0. The summed E-state index contributed by atoms with van der Waals surface area (Å²) in [5, 5.41) is 8.95. The van der Waals surface area contributed by atoms with E-state index in [-0.39, 0.29) is 18.2 Å². The molecule has 0 radical (unpaired) electrons. The van der Waals surface area contributed by atoms with Crippen molar-refractivity contribution in [3.8, 4) is 5.75 Å². The van der Waals surface area contributed by atoms with Crippen molar-refractivity contribution in [2.75, 3.05) is 0 Å². The fourth-order valence-electron chi connectivity index (χ4n) is 1.94. The van der Waals surface area contributed by atoms with Crippen LogP contribution in [-0.4, -0.2) is 11.1 Å². The quantitative estimate of drug-likeness (QED) is 0.907. The molecule has 0 aliphatic carbocycles. The van der Waals surface area contributed by atoms with Crippen LogP contribution in [0.4, 0.5) is 4.39 Å². The molecule has 0 fully saturated rings. The molecule has 0 saturated heterocycles. The van der Waals surface area contributed by atoms with Crippen molar-refractivity contribution >= 4 is 5.97 Å². The molecule has 0 aromatic heterocycles. The van der Waals surface area contributed by atoms with Crippen molar-refractivity contribution < 1.29 is 19.0 Å². The number of hydrogen-bond donors (Lipinski definition) is 1. The molecule has 0 saturated carbocycles. The smallest absolute Gasteiger partial charge is 0.310 e. The molecule has 1 unspecified atom stereocenters. The van der Waals surface area contributed by atoms with Crippen molar-refractivity contribution in [1.29, 1.82) is 0 Å². The van der Waals surface area contributed by atoms with Gasteiger partial charge in [0.15, 0.2) is 11.6 Å². The maximum atomic E-state index is 13.8. The number of aryl methyl sites for hydroxylation is 1. The third-order valence-corrected chi connectivity index (χ3v) is 3.40. The Hall–Kier alpha value is -2.36. The number of carbonyl (C=O) groups is 1. The van der Waals surface area contributed by atoms with Crippen molar-refractivity contribution in [1.82, 2.24) is 0 Å². The fourth-order valence-corrected chi connectivity index (χ4v) is 1.94. The summed E-state index contributed by atoms with van der Waals surface area (Å²) in [4.78, 5) is 10.9. The van der Waals surface area contributed by atoms with Gasteiger partial charge in [-0.1, -0.05) is 36.4 Å². The number of carboxylic acid groups (broad SMARTS) is 1. The third kappa shape index (κ3) is 3.60. The lowest BCUT2D eigenvalue weighted by molar-refractivity contribution is -0.138. The molecule has 0 aliphatic heterocycles. The highest BCUT2D eigenvalue weighted by Crippen LogP contribution is 2.21. The summed E-state index contributed by atoms with van der Waals surface area (Å²) in [7, 11) is 0. The highest BCUT2D eigenvalue weighted by molar-refractivity contribution is 5.75. The molecule has 0 heterocycles. The molecule has 0 aliphatic rings. The van der Waals surface area contributed by atoms with Crippen LogP contribution in [0.5, 0.6) is 5.75 Å². The molecule has 3 nitrogen and oxygen atoms in total. The number of carboxylic acids is 1. The number of ether oxygens (including phenoxy) is 1. The van der Waals surface area contributed by atoms with Crippen molar-refractivity contribution in [3.63, 3.8) is 0 Å². The molecule has 2 aromatic rings. The van der Waals surface area contributed by atoms with Crippen LogP contribution in [0.3, 0.4) is 0 Å². The lowest BCUT2D eigenvalue weighted by atomic mass is 10.0. The monoisotopic (exact) mass is 288 g/mol. The molecule has 0 bridgehead atoms. The number of aliphatic carboxylic acids is 1. The second-order valence-electron chi connectivity index (χ2n) is 4.98. The number of hydrogen-bond acceptors (Lipinski definition) is 2. The Labute approximate surface area is 123 Å². The van der Waals surface area contributed by atoms with Gasteiger partial charge >= 0.3 is 5.97 Å². The van der Waals surface area contributed by atoms with Gasteiger partial charge in [-0.2, -0.15) is 0 Å². The van der Waals surface area contributed by atoms with Gasteiger partial charge in [0.1, 0.15) is 6.61 Å². The van der Waals surface area contributed by atoms with Crippen molar-refractivity contribution in [3.05, 3.63) is 65.0 Å². The van der Waals surface area contributed by atoms with Gasteiger partial charge < -0.3 is 9.84 Å². The van der Waals surface area contributed by atoms with E-state index >= 15 is 0 Å². The molecule has 2 aromatic carbocycles. The summed E-state index contributed by atoms with van der Waals surface area (Å²) in [6.45, 7) is 3.56. The molecule has 1 atom stereocenters. The zero-order valence-corrected chi connectivity index (χ0v) is 12.0. The molecular weight excluding hydrogens is 271 g/mol. The van der Waals surface area contributed by atoms with Gasteiger partial charge in [-0.25, -0.2) is 4.39 Å². The van der Waals surface area contributed by atoms with Gasteiger partial charge in [0.05, 0.1) is 5.92 Å². The number of rotatable bonds is 5. The van der Waals surface area contributed by atoms with E-state index in [0.29, 0.717) is 5.56 Å². The van der Waals surface area contributed by atoms with Crippen LogP contribution in [-0.2, 0) is 11.4 Å². The van der Waals surface area contributed by atoms with Crippen LogP contribution < -0.4 is 4.74 Å². The lowest BCUT2D eigenvalue weighted by Crippen LogP contribution is -2.07. The van der Waals surface area contributed by atoms with Crippen LogP contribution in [0.1, 0.15) is 29.5 Å². The van der Waals surface area contributed by atoms with E-state index in [9.17, 15) is 9.18 Å². The Morgan fingerprint density at radius 3 is 2.52 bits per heavy atom. The first-order chi connectivity index (χ1) is 9.99. The topological polar surface area (TPSA) is 46.5 Å². The first-order valence-corrected chi connectivity index (χ1v) is 6.68. The number of benzene rings is 2. The van der Waals surface area contributed by atoms with E-state index in [1.54, 1.807) is 56.3 Å². The molecule has 1 N–H and O–H groups in total. The standard InChI is InChI=1S/C17H17FO3/c1-11-4-3-5-15(16(11)18)21-10-13-6-8-14(9-7-13)12(2)17(19)20/h3-9,12H,10H2,1-2H3,(H,19,20). The normalized spacial score (nSPS) is 12.0. The highest BCUT2D eigenvalue weighted by atomic mass is 19.1. The maximum absolute atomic E-state index is 13.8. The zero-order valence-electron chi connectivity index (χ0n) is 12.0. The molecule has 2 rings (SSSR count). The van der Waals surface area contributed by atoms with Crippen LogP contribution in [0.15, 0.2) is 42.5 Å². The minimum atomic E-state index is -0.860. The van der Waals surface area contributed by atoms with Crippen molar-refractivity contribution in [2.24, 2.45) is 0 Å². The Kier molecular flexibility index (Phi) is 4.58. The van der Waals surface area contributed by atoms with Gasteiger partial charge in [0, 0.05) is 0 Å². The number of halogens is 1. The summed E-state index contributed by atoms with van der Waals surface area (Å²) >= 11 is 0. The van der Waals surface area contributed by atoms with Crippen molar-refractivity contribution in [2.45, 2.75) is 26.4 Å². The molecular formula is C17H17FO3. The van der Waals surface area contributed by atoms with Gasteiger partial charge in [-0.15, -0.1) is 0 Å². The maximum Gasteiger partial charge on any atom is 0.310 e. The SMILES string of the molecule is Cc1cccc(OCc2ccc(C(C)C(=O)O)cc2)c1F.